The van der Waals surface area contributed by atoms with Crippen LogP contribution in [0.25, 0.3) is 0 Å². The highest BCUT2D eigenvalue weighted by Crippen LogP contribution is 2.36. The van der Waals surface area contributed by atoms with Crippen molar-refractivity contribution in [2.45, 2.75) is 38.9 Å². The molecule has 1 aliphatic rings. The fourth-order valence-corrected chi connectivity index (χ4v) is 2.54. The van der Waals surface area contributed by atoms with Gasteiger partial charge < -0.3 is 9.47 Å². The topological polar surface area (TPSA) is 35.5 Å². The van der Waals surface area contributed by atoms with E-state index in [0.29, 0.717) is 5.56 Å². The van der Waals surface area contributed by atoms with E-state index in [1.165, 1.54) is 5.56 Å². The van der Waals surface area contributed by atoms with E-state index in [1.54, 1.807) is 12.1 Å². The van der Waals surface area contributed by atoms with Gasteiger partial charge in [0.2, 0.25) is 0 Å². The van der Waals surface area contributed by atoms with Crippen molar-refractivity contribution < 1.29 is 14.3 Å². The van der Waals surface area contributed by atoms with Crippen LogP contribution < -0.4 is 4.74 Å². The highest BCUT2D eigenvalue weighted by atomic mass is 16.6. The van der Waals surface area contributed by atoms with Gasteiger partial charge in [0.1, 0.15) is 17.5 Å². The molecule has 0 spiro atoms. The van der Waals surface area contributed by atoms with Crippen LogP contribution >= 0.6 is 0 Å². The second-order valence-corrected chi connectivity index (χ2v) is 6.54. The molecule has 0 radical (unpaired) electrons. The van der Waals surface area contributed by atoms with Gasteiger partial charge >= 0.3 is 5.97 Å². The maximum absolute atomic E-state index is 12.0. The molecule has 0 saturated heterocycles. The van der Waals surface area contributed by atoms with Crippen molar-refractivity contribution in [1.82, 2.24) is 0 Å². The zero-order valence-corrected chi connectivity index (χ0v) is 13.1. The molecule has 114 valence electrons. The molecule has 3 nitrogen and oxygen atoms in total. The third-order valence-corrected chi connectivity index (χ3v) is 3.56. The molecular weight excluding hydrogens is 276 g/mol. The highest BCUT2D eigenvalue weighted by molar-refractivity contribution is 5.89. The van der Waals surface area contributed by atoms with E-state index < -0.39 is 5.60 Å². The van der Waals surface area contributed by atoms with Crippen molar-refractivity contribution in [3.8, 4) is 5.75 Å². The summed E-state index contributed by atoms with van der Waals surface area (Å²) in [6.45, 7) is 5.59. The van der Waals surface area contributed by atoms with Crippen LogP contribution in [0.15, 0.2) is 48.5 Å². The molecule has 2 aromatic carbocycles. The van der Waals surface area contributed by atoms with Crippen molar-refractivity contribution in [1.29, 1.82) is 0 Å². The molecular formula is C19H20O3. The third-order valence-electron chi connectivity index (χ3n) is 3.56. The second kappa shape index (κ2) is 5.48. The molecule has 3 heteroatoms. The summed E-state index contributed by atoms with van der Waals surface area (Å²) in [5, 5.41) is 0. The fourth-order valence-electron chi connectivity index (χ4n) is 2.54. The number of esters is 1. The number of hydrogen-bond acceptors (Lipinski definition) is 3. The van der Waals surface area contributed by atoms with E-state index in [0.717, 1.165) is 17.7 Å². The van der Waals surface area contributed by atoms with Crippen LogP contribution in [0.2, 0.25) is 0 Å². The minimum atomic E-state index is -0.480. The standard InChI is InChI=1S/C19H20O3/c1-19(2,3)22-18(20)14-10-8-13(9-11-14)17-12-15-6-4-5-7-16(15)21-17/h4-11,17H,12H2,1-3H3. The monoisotopic (exact) mass is 296 g/mol. The lowest BCUT2D eigenvalue weighted by molar-refractivity contribution is 0.00694. The minimum Gasteiger partial charge on any atom is -0.485 e. The first-order valence-electron chi connectivity index (χ1n) is 7.50. The molecule has 1 aliphatic heterocycles. The molecule has 0 bridgehead atoms. The molecule has 3 rings (SSSR count). The Labute approximate surface area is 130 Å². The SMILES string of the molecule is CC(C)(C)OC(=O)c1ccc(C2Cc3ccccc3O2)cc1. The number of ether oxygens (including phenoxy) is 2. The lowest BCUT2D eigenvalue weighted by atomic mass is 10.0. The Balaban J connectivity index is 1.72. The van der Waals surface area contributed by atoms with Crippen LogP contribution in [0.1, 0.15) is 48.4 Å². The molecule has 0 aliphatic carbocycles. The van der Waals surface area contributed by atoms with Crippen molar-refractivity contribution in [2.75, 3.05) is 0 Å². The van der Waals surface area contributed by atoms with Gasteiger partial charge in [-0.1, -0.05) is 30.3 Å². The Morgan fingerprint density at radius 3 is 2.41 bits per heavy atom. The summed E-state index contributed by atoms with van der Waals surface area (Å²) in [7, 11) is 0. The van der Waals surface area contributed by atoms with Gasteiger partial charge in [-0.3, -0.25) is 0 Å². The Kier molecular flexibility index (Phi) is 3.65. The van der Waals surface area contributed by atoms with Crippen molar-refractivity contribution in [3.63, 3.8) is 0 Å². The summed E-state index contributed by atoms with van der Waals surface area (Å²) in [5.74, 6) is 0.651. The van der Waals surface area contributed by atoms with Crippen LogP contribution in [0.4, 0.5) is 0 Å². The molecule has 1 heterocycles. The maximum Gasteiger partial charge on any atom is 0.338 e. The molecule has 0 aromatic heterocycles. The van der Waals surface area contributed by atoms with E-state index in [-0.39, 0.29) is 12.1 Å². The number of fused-ring (bicyclic) bond motifs is 1. The second-order valence-electron chi connectivity index (χ2n) is 6.54. The van der Waals surface area contributed by atoms with E-state index in [2.05, 4.69) is 6.07 Å². The summed E-state index contributed by atoms with van der Waals surface area (Å²) in [5.41, 5.74) is 2.38. The molecule has 0 fully saturated rings. The van der Waals surface area contributed by atoms with Gasteiger partial charge in [0.15, 0.2) is 0 Å². The smallest absolute Gasteiger partial charge is 0.338 e. The van der Waals surface area contributed by atoms with E-state index >= 15 is 0 Å². The van der Waals surface area contributed by atoms with Crippen LogP contribution in [0.3, 0.4) is 0 Å². The largest absolute Gasteiger partial charge is 0.485 e. The van der Waals surface area contributed by atoms with Crippen molar-refractivity contribution >= 4 is 5.97 Å². The Bertz CT molecular complexity index is 656. The quantitative estimate of drug-likeness (QED) is 0.774. The summed E-state index contributed by atoms with van der Waals surface area (Å²) < 4.78 is 11.3. The average Bonchev–Trinajstić information content (AvgIpc) is 2.89. The van der Waals surface area contributed by atoms with Crippen molar-refractivity contribution in [3.05, 3.63) is 65.2 Å². The van der Waals surface area contributed by atoms with Gasteiger partial charge in [-0.25, -0.2) is 4.79 Å². The number of carbonyl (C=O) groups is 1. The molecule has 1 atom stereocenters. The van der Waals surface area contributed by atoms with Crippen LogP contribution in [0, 0.1) is 0 Å². The lowest BCUT2D eigenvalue weighted by Crippen LogP contribution is -2.23. The number of rotatable bonds is 2. The van der Waals surface area contributed by atoms with Gasteiger partial charge in [-0.15, -0.1) is 0 Å². The van der Waals surface area contributed by atoms with Gasteiger partial charge in [-0.2, -0.15) is 0 Å². The number of para-hydroxylation sites is 1. The highest BCUT2D eigenvalue weighted by Gasteiger charge is 2.24. The van der Waals surface area contributed by atoms with Gasteiger partial charge in [0.05, 0.1) is 5.56 Å². The average molecular weight is 296 g/mol. The van der Waals surface area contributed by atoms with Crippen LogP contribution in [-0.4, -0.2) is 11.6 Å². The number of benzene rings is 2. The maximum atomic E-state index is 12.0. The summed E-state index contributed by atoms with van der Waals surface area (Å²) in [6.07, 6.45) is 0.882. The minimum absolute atomic E-state index is 0.0186. The normalized spacial score (nSPS) is 16.8. The molecule has 1 unspecified atom stereocenters. The zero-order chi connectivity index (χ0) is 15.7. The van der Waals surface area contributed by atoms with E-state index in [4.69, 9.17) is 9.47 Å². The predicted molar refractivity (Wildman–Crippen MR) is 85.1 cm³/mol. The first-order valence-corrected chi connectivity index (χ1v) is 7.50. The number of hydrogen-bond donors (Lipinski definition) is 0. The Hall–Kier alpha value is -2.29. The molecule has 0 amide bonds. The molecule has 22 heavy (non-hydrogen) atoms. The summed E-state index contributed by atoms with van der Waals surface area (Å²) >= 11 is 0. The van der Waals surface area contributed by atoms with Crippen molar-refractivity contribution in [2.24, 2.45) is 0 Å². The zero-order valence-electron chi connectivity index (χ0n) is 13.1. The first kappa shape index (κ1) is 14.6. The Morgan fingerprint density at radius 1 is 1.09 bits per heavy atom. The number of carbonyl (C=O) groups excluding carboxylic acids is 1. The lowest BCUT2D eigenvalue weighted by Gasteiger charge is -2.19. The van der Waals surface area contributed by atoms with Crippen LogP contribution in [-0.2, 0) is 11.2 Å². The molecule has 0 N–H and O–H groups in total. The fraction of sp³-hybridized carbons (Fsp3) is 0.316. The van der Waals surface area contributed by atoms with Gasteiger partial charge in [0, 0.05) is 6.42 Å². The van der Waals surface area contributed by atoms with Crippen LogP contribution in [0.5, 0.6) is 5.75 Å². The predicted octanol–water partition coefficient (Wildman–Crippen LogP) is 4.32. The van der Waals surface area contributed by atoms with Gasteiger partial charge in [-0.05, 0) is 50.1 Å². The van der Waals surface area contributed by atoms with E-state index in [1.807, 2.05) is 51.1 Å². The molecule has 2 aromatic rings. The third kappa shape index (κ3) is 3.14. The summed E-state index contributed by atoms with van der Waals surface area (Å²) in [6, 6.07) is 15.6. The Morgan fingerprint density at radius 2 is 1.77 bits per heavy atom. The van der Waals surface area contributed by atoms with Gasteiger partial charge in [0.25, 0.3) is 0 Å². The first-order chi connectivity index (χ1) is 10.4. The van der Waals surface area contributed by atoms with E-state index in [9.17, 15) is 4.79 Å². The summed E-state index contributed by atoms with van der Waals surface area (Å²) in [4.78, 5) is 12.0. The molecule has 0 saturated carbocycles.